The van der Waals surface area contributed by atoms with Gasteiger partial charge in [0.25, 0.3) is 0 Å². The van der Waals surface area contributed by atoms with E-state index >= 15 is 0 Å². The van der Waals surface area contributed by atoms with Gasteiger partial charge in [-0.15, -0.1) is 0 Å². The third-order valence-corrected chi connectivity index (χ3v) is 6.34. The topological polar surface area (TPSA) is 32.3 Å². The number of hydrogen-bond donors (Lipinski definition) is 1. The summed E-state index contributed by atoms with van der Waals surface area (Å²) in [4.78, 5) is 15.1. The largest absolute Gasteiger partial charge is 0.326 e. The molecule has 1 amide bonds. The summed E-state index contributed by atoms with van der Waals surface area (Å²) >= 11 is 0. The second-order valence-corrected chi connectivity index (χ2v) is 8.07. The lowest BCUT2D eigenvalue weighted by Crippen LogP contribution is -2.39. The van der Waals surface area contributed by atoms with Gasteiger partial charge in [0.15, 0.2) is 0 Å². The van der Waals surface area contributed by atoms with Crippen molar-refractivity contribution in [2.45, 2.75) is 38.5 Å². The minimum absolute atomic E-state index is 0.0662. The Labute approximate surface area is 149 Å². The molecule has 2 fully saturated rings. The van der Waals surface area contributed by atoms with Gasteiger partial charge < -0.3 is 10.2 Å². The van der Waals surface area contributed by atoms with Gasteiger partial charge >= 0.3 is 0 Å². The predicted octanol–water partition coefficient (Wildman–Crippen LogP) is 4.22. The van der Waals surface area contributed by atoms with E-state index in [-0.39, 0.29) is 23.1 Å². The van der Waals surface area contributed by atoms with Crippen molar-refractivity contribution in [3.8, 4) is 0 Å². The van der Waals surface area contributed by atoms with Gasteiger partial charge in [-0.2, -0.15) is 0 Å². The van der Waals surface area contributed by atoms with Gasteiger partial charge in [-0.25, -0.2) is 4.39 Å². The molecule has 1 heterocycles. The second kappa shape index (κ2) is 6.91. The van der Waals surface area contributed by atoms with Crippen molar-refractivity contribution in [2.24, 2.45) is 17.3 Å². The maximum absolute atomic E-state index is 13.3. The molecule has 4 rings (SSSR count). The number of allylic oxidation sites excluding steroid dienone is 2. The molecule has 25 heavy (non-hydrogen) atoms. The molecule has 0 radical (unpaired) electrons. The number of nitrogens with zero attached hydrogens (tertiary/aromatic N) is 1. The van der Waals surface area contributed by atoms with Crippen molar-refractivity contribution in [3.05, 3.63) is 42.2 Å². The van der Waals surface area contributed by atoms with E-state index < -0.39 is 0 Å². The monoisotopic (exact) mass is 342 g/mol. The van der Waals surface area contributed by atoms with E-state index in [1.165, 1.54) is 37.9 Å². The molecule has 0 aromatic heterocycles. The highest BCUT2D eigenvalue weighted by atomic mass is 19.1. The summed E-state index contributed by atoms with van der Waals surface area (Å²) in [7, 11) is 0. The fourth-order valence-electron chi connectivity index (χ4n) is 4.63. The van der Waals surface area contributed by atoms with Gasteiger partial charge in [-0.1, -0.05) is 18.2 Å². The first-order chi connectivity index (χ1) is 12.1. The van der Waals surface area contributed by atoms with Gasteiger partial charge in [-0.05, 0) is 81.1 Å². The highest BCUT2D eigenvalue weighted by Gasteiger charge is 2.58. The Morgan fingerprint density at radius 3 is 2.84 bits per heavy atom. The zero-order valence-electron chi connectivity index (χ0n) is 14.7. The maximum Gasteiger partial charge on any atom is 0.228 e. The van der Waals surface area contributed by atoms with Crippen molar-refractivity contribution in [3.63, 3.8) is 0 Å². The molecular formula is C21H27FN2O. The molecule has 2 aliphatic carbocycles. The number of carbonyl (C=O) groups excluding carboxylic acids is 1. The molecule has 134 valence electrons. The van der Waals surface area contributed by atoms with E-state index in [2.05, 4.69) is 22.4 Å². The van der Waals surface area contributed by atoms with E-state index in [1.807, 2.05) is 0 Å². The van der Waals surface area contributed by atoms with Crippen molar-refractivity contribution in [2.75, 3.05) is 25.0 Å². The second-order valence-electron chi connectivity index (χ2n) is 8.07. The first-order valence-electron chi connectivity index (χ1n) is 9.58. The van der Waals surface area contributed by atoms with Gasteiger partial charge in [0.05, 0.1) is 0 Å². The number of benzene rings is 1. The SMILES string of the molecule is O=C(Nc1cccc(F)c1)[C@H]1CC12CCN(C[C@@H]1CC=CCC1)CC2. The van der Waals surface area contributed by atoms with E-state index in [4.69, 9.17) is 0 Å². The zero-order chi connectivity index (χ0) is 17.3. The minimum atomic E-state index is -0.311. The molecule has 3 nitrogen and oxygen atoms in total. The molecule has 0 unspecified atom stereocenters. The summed E-state index contributed by atoms with van der Waals surface area (Å²) in [6.07, 6.45) is 11.6. The minimum Gasteiger partial charge on any atom is -0.326 e. The van der Waals surface area contributed by atoms with E-state index in [0.717, 1.165) is 38.3 Å². The Hall–Kier alpha value is -1.68. The van der Waals surface area contributed by atoms with Crippen LogP contribution in [-0.2, 0) is 4.79 Å². The molecule has 2 atom stereocenters. The molecule has 1 spiro atoms. The quantitative estimate of drug-likeness (QED) is 0.831. The number of nitrogens with one attached hydrogen (secondary N) is 1. The summed E-state index contributed by atoms with van der Waals surface area (Å²) in [5, 5.41) is 2.89. The van der Waals surface area contributed by atoms with Gasteiger partial charge in [0.2, 0.25) is 5.91 Å². The average molecular weight is 342 g/mol. The Kier molecular flexibility index (Phi) is 4.63. The Morgan fingerprint density at radius 1 is 1.28 bits per heavy atom. The average Bonchev–Trinajstić information content (AvgIpc) is 3.32. The lowest BCUT2D eigenvalue weighted by molar-refractivity contribution is -0.118. The highest BCUT2D eigenvalue weighted by molar-refractivity contribution is 5.95. The maximum atomic E-state index is 13.3. The third-order valence-electron chi connectivity index (χ3n) is 6.34. The van der Waals surface area contributed by atoms with Crippen LogP contribution in [-0.4, -0.2) is 30.4 Å². The van der Waals surface area contributed by atoms with Crippen LogP contribution in [0, 0.1) is 23.1 Å². The molecule has 0 bridgehead atoms. The van der Waals surface area contributed by atoms with E-state index in [9.17, 15) is 9.18 Å². The van der Waals surface area contributed by atoms with Crippen molar-refractivity contribution >= 4 is 11.6 Å². The standard InChI is InChI=1S/C21H27FN2O/c22-17-7-4-8-18(13-17)23-20(25)19-14-21(19)9-11-24(12-10-21)15-16-5-2-1-3-6-16/h1-2,4,7-8,13,16,19H,3,5-6,9-12,14-15H2,(H,23,25)/t16-,19-/m1/s1. The number of anilines is 1. The number of hydrogen-bond acceptors (Lipinski definition) is 2. The number of halogens is 1. The fraction of sp³-hybridized carbons (Fsp3) is 0.571. The smallest absolute Gasteiger partial charge is 0.228 e. The third kappa shape index (κ3) is 3.79. The van der Waals surface area contributed by atoms with Gasteiger partial charge in [0.1, 0.15) is 5.82 Å². The molecular weight excluding hydrogens is 315 g/mol. The van der Waals surface area contributed by atoms with E-state index in [0.29, 0.717) is 5.69 Å². The number of amides is 1. The van der Waals surface area contributed by atoms with Crippen LogP contribution >= 0.6 is 0 Å². The Balaban J connectivity index is 1.26. The summed E-state index contributed by atoms with van der Waals surface area (Å²) in [6, 6.07) is 6.16. The summed E-state index contributed by atoms with van der Waals surface area (Å²) in [5.41, 5.74) is 0.773. The fourth-order valence-corrected chi connectivity index (χ4v) is 4.63. The van der Waals surface area contributed by atoms with Crippen molar-refractivity contribution in [1.82, 2.24) is 4.90 Å². The van der Waals surface area contributed by atoms with Crippen LogP contribution < -0.4 is 5.32 Å². The van der Waals surface area contributed by atoms with Gasteiger partial charge in [0, 0.05) is 18.2 Å². The van der Waals surface area contributed by atoms with Crippen LogP contribution in [0.2, 0.25) is 0 Å². The highest BCUT2D eigenvalue weighted by Crippen LogP contribution is 2.59. The van der Waals surface area contributed by atoms with Crippen LogP contribution in [0.25, 0.3) is 0 Å². The number of rotatable bonds is 4. The summed E-state index contributed by atoms with van der Waals surface area (Å²) in [5.74, 6) is 0.673. The molecule has 1 N–H and O–H groups in total. The molecule has 1 aromatic rings. The first-order valence-corrected chi connectivity index (χ1v) is 9.58. The normalized spacial score (nSPS) is 28.0. The molecule has 3 aliphatic rings. The molecule has 1 saturated carbocycles. The summed E-state index contributed by atoms with van der Waals surface area (Å²) in [6.45, 7) is 3.44. The van der Waals surface area contributed by atoms with Crippen molar-refractivity contribution in [1.29, 1.82) is 0 Å². The number of likely N-dealkylation sites (tertiary alicyclic amines) is 1. The van der Waals surface area contributed by atoms with E-state index in [1.54, 1.807) is 12.1 Å². The molecule has 1 saturated heterocycles. The lowest BCUT2D eigenvalue weighted by atomic mass is 9.88. The zero-order valence-corrected chi connectivity index (χ0v) is 14.7. The van der Waals surface area contributed by atoms with Crippen LogP contribution in [0.1, 0.15) is 38.5 Å². The summed E-state index contributed by atoms with van der Waals surface area (Å²) < 4.78 is 13.3. The molecule has 1 aromatic carbocycles. The van der Waals surface area contributed by atoms with Crippen LogP contribution in [0.3, 0.4) is 0 Å². The van der Waals surface area contributed by atoms with Crippen LogP contribution in [0.5, 0.6) is 0 Å². The Bertz CT molecular complexity index is 664. The predicted molar refractivity (Wildman–Crippen MR) is 97.7 cm³/mol. The number of carbonyl (C=O) groups is 1. The lowest BCUT2D eigenvalue weighted by Gasteiger charge is -2.35. The van der Waals surface area contributed by atoms with Gasteiger partial charge in [-0.3, -0.25) is 4.79 Å². The van der Waals surface area contributed by atoms with Crippen LogP contribution in [0.4, 0.5) is 10.1 Å². The Morgan fingerprint density at radius 2 is 2.12 bits per heavy atom. The molecule has 4 heteroatoms. The van der Waals surface area contributed by atoms with Crippen molar-refractivity contribution < 1.29 is 9.18 Å². The first kappa shape index (κ1) is 16.8. The number of piperidine rings is 1. The molecule has 1 aliphatic heterocycles. The van der Waals surface area contributed by atoms with Crippen LogP contribution in [0.15, 0.2) is 36.4 Å².